The van der Waals surface area contributed by atoms with Crippen LogP contribution in [0.1, 0.15) is 0 Å². The molecule has 1 saturated heterocycles. The Balaban J connectivity index is 2.57. The Morgan fingerprint density at radius 3 is 2.38 bits per heavy atom. The molecule has 1 rings (SSSR count). The second-order valence-corrected chi connectivity index (χ2v) is 1.81. The number of nitrogens with zero attached hydrogens (tertiary/aromatic N) is 2. The van der Waals surface area contributed by atoms with Crippen LogP contribution in [0.4, 0.5) is 4.79 Å². The van der Waals surface area contributed by atoms with Crippen molar-refractivity contribution in [3.8, 4) is 0 Å². The van der Waals surface area contributed by atoms with E-state index in [1.807, 2.05) is 0 Å². The van der Waals surface area contributed by atoms with Crippen molar-refractivity contribution in [2.75, 3.05) is 20.1 Å². The van der Waals surface area contributed by atoms with Crippen molar-refractivity contribution < 1.29 is 4.79 Å². The lowest BCUT2D eigenvalue weighted by molar-refractivity contribution is 0.210. The molecule has 0 saturated carbocycles. The third-order valence-corrected chi connectivity index (χ3v) is 1.18. The van der Waals surface area contributed by atoms with E-state index in [1.165, 1.54) is 4.90 Å². The summed E-state index contributed by atoms with van der Waals surface area (Å²) in [5.74, 6) is 0. The molecule has 0 spiro atoms. The molecule has 0 unspecified atom stereocenters. The van der Waals surface area contributed by atoms with Crippen LogP contribution in [-0.2, 0) is 0 Å². The minimum Gasteiger partial charge on any atom is -0.755 e. The predicted molar refractivity (Wildman–Crippen MR) is 28.1 cm³/mol. The molecule has 0 aliphatic carbocycles. The summed E-state index contributed by atoms with van der Waals surface area (Å²) >= 11 is 0. The molecule has 4 heteroatoms. The van der Waals surface area contributed by atoms with Crippen LogP contribution in [0.3, 0.4) is 0 Å². The van der Waals surface area contributed by atoms with Crippen LogP contribution >= 0.6 is 0 Å². The number of amides is 2. The van der Waals surface area contributed by atoms with Gasteiger partial charge in [-0.05, 0) is 0 Å². The third-order valence-electron chi connectivity index (χ3n) is 1.18. The minimum absolute atomic E-state index is 0.315. The largest absolute Gasteiger partial charge is 0.755 e. The lowest BCUT2D eigenvalue weighted by atomic mass is 10.7. The second kappa shape index (κ2) is 1.63. The third kappa shape index (κ3) is 0.626. The predicted octanol–water partition coefficient (Wildman–Crippen LogP) is -0.148. The Morgan fingerprint density at radius 2 is 2.25 bits per heavy atom. The number of hydroxylamine groups is 2. The number of rotatable bonds is 0. The van der Waals surface area contributed by atoms with Crippen LogP contribution in [0.5, 0.6) is 0 Å². The first kappa shape index (κ1) is 5.37. The standard InChI is InChI=1S/C4H7N2O2/c1-5-2-3-6(8)4(5)7/h2-3H2,1H3/q-1. The molecule has 1 aliphatic heterocycles. The van der Waals surface area contributed by atoms with E-state index in [4.69, 9.17) is 0 Å². The summed E-state index contributed by atoms with van der Waals surface area (Å²) in [7, 11) is 1.61. The van der Waals surface area contributed by atoms with Crippen LogP contribution in [-0.4, -0.2) is 36.1 Å². The maximum Gasteiger partial charge on any atom is 0.309 e. The molecule has 0 N–H and O–H groups in total. The molecule has 1 heterocycles. The van der Waals surface area contributed by atoms with E-state index in [2.05, 4.69) is 0 Å². The zero-order valence-electron chi connectivity index (χ0n) is 4.63. The van der Waals surface area contributed by atoms with E-state index in [1.54, 1.807) is 7.05 Å². The van der Waals surface area contributed by atoms with Crippen LogP contribution in [0.2, 0.25) is 0 Å². The molecule has 0 aromatic carbocycles. The molecule has 46 valence electrons. The lowest BCUT2D eigenvalue weighted by Gasteiger charge is -2.19. The summed E-state index contributed by atoms with van der Waals surface area (Å²) in [6, 6.07) is -0.426. The number of carbonyl (C=O) groups is 1. The fraction of sp³-hybridized carbons (Fsp3) is 0.750. The minimum atomic E-state index is -0.426. The Hall–Kier alpha value is -0.770. The van der Waals surface area contributed by atoms with E-state index >= 15 is 0 Å². The first-order valence-electron chi connectivity index (χ1n) is 2.41. The summed E-state index contributed by atoms with van der Waals surface area (Å²) in [6.45, 7) is 0.873. The van der Waals surface area contributed by atoms with Gasteiger partial charge >= 0.3 is 6.03 Å². The number of carbonyl (C=O) groups excluding carboxylic acids is 1. The zero-order valence-corrected chi connectivity index (χ0v) is 4.63. The maximum atomic E-state index is 10.4. The summed E-state index contributed by atoms with van der Waals surface area (Å²) in [5.41, 5.74) is 0. The molecule has 1 fully saturated rings. The molecule has 8 heavy (non-hydrogen) atoms. The highest BCUT2D eigenvalue weighted by Gasteiger charge is 2.16. The van der Waals surface area contributed by atoms with Gasteiger partial charge in [0.2, 0.25) is 0 Å². The van der Waals surface area contributed by atoms with E-state index in [-0.39, 0.29) is 0 Å². The van der Waals surface area contributed by atoms with Gasteiger partial charge in [0.25, 0.3) is 0 Å². The SMILES string of the molecule is CN1CCN([O-])C1=O. The first-order chi connectivity index (χ1) is 3.72. The molecule has 0 radical (unpaired) electrons. The van der Waals surface area contributed by atoms with Crippen molar-refractivity contribution in [3.63, 3.8) is 0 Å². The highest BCUT2D eigenvalue weighted by molar-refractivity contribution is 5.76. The molecule has 0 bridgehead atoms. The fourth-order valence-corrected chi connectivity index (χ4v) is 0.623. The van der Waals surface area contributed by atoms with Gasteiger partial charge in [-0.25, -0.2) is 4.79 Å². The number of hydrogen-bond acceptors (Lipinski definition) is 2. The van der Waals surface area contributed by atoms with Gasteiger partial charge < -0.3 is 15.2 Å². The highest BCUT2D eigenvalue weighted by Crippen LogP contribution is 2.01. The smallest absolute Gasteiger partial charge is 0.309 e. The monoisotopic (exact) mass is 115 g/mol. The molecule has 0 atom stereocenters. The average Bonchev–Trinajstić information content (AvgIpc) is 1.98. The second-order valence-electron chi connectivity index (χ2n) is 1.81. The van der Waals surface area contributed by atoms with Gasteiger partial charge in [-0.3, -0.25) is 0 Å². The van der Waals surface area contributed by atoms with E-state index in [9.17, 15) is 10.0 Å². The van der Waals surface area contributed by atoms with Crippen molar-refractivity contribution in [2.24, 2.45) is 0 Å². The summed E-state index contributed by atoms with van der Waals surface area (Å²) < 4.78 is 0. The summed E-state index contributed by atoms with van der Waals surface area (Å²) in [5, 5.41) is 10.8. The molecule has 4 nitrogen and oxygen atoms in total. The number of hydrogen-bond donors (Lipinski definition) is 0. The van der Waals surface area contributed by atoms with Crippen LogP contribution in [0.25, 0.3) is 0 Å². The van der Waals surface area contributed by atoms with Crippen LogP contribution in [0.15, 0.2) is 0 Å². The van der Waals surface area contributed by atoms with E-state index in [0.717, 1.165) is 0 Å². The van der Waals surface area contributed by atoms with Gasteiger partial charge in [0, 0.05) is 20.1 Å². The lowest BCUT2D eigenvalue weighted by Crippen LogP contribution is -2.24. The Morgan fingerprint density at radius 1 is 1.62 bits per heavy atom. The van der Waals surface area contributed by atoms with Crippen molar-refractivity contribution in [1.82, 2.24) is 9.96 Å². The summed E-state index contributed by atoms with van der Waals surface area (Å²) in [6.07, 6.45) is 0. The molecular formula is C4H7N2O2-. The normalized spacial score (nSPS) is 20.5. The maximum absolute atomic E-state index is 10.4. The van der Waals surface area contributed by atoms with Crippen LogP contribution < -0.4 is 0 Å². The molecule has 0 aromatic rings. The van der Waals surface area contributed by atoms with Gasteiger partial charge in [-0.2, -0.15) is 0 Å². The highest BCUT2D eigenvalue weighted by atomic mass is 16.5. The van der Waals surface area contributed by atoms with Gasteiger partial charge in [-0.1, -0.05) is 0 Å². The quantitative estimate of drug-likeness (QED) is 0.440. The zero-order chi connectivity index (χ0) is 6.15. The average molecular weight is 115 g/mol. The van der Waals surface area contributed by atoms with Crippen molar-refractivity contribution in [2.45, 2.75) is 0 Å². The molecule has 0 aromatic heterocycles. The van der Waals surface area contributed by atoms with E-state index in [0.29, 0.717) is 18.2 Å². The fourth-order valence-electron chi connectivity index (χ4n) is 0.623. The number of likely N-dealkylation sites (N-methyl/N-ethyl adjacent to an activating group) is 1. The molecular weight excluding hydrogens is 108 g/mol. The molecule has 1 aliphatic rings. The Labute approximate surface area is 47.3 Å². The first-order valence-corrected chi connectivity index (χ1v) is 2.41. The number of urea groups is 1. The van der Waals surface area contributed by atoms with E-state index < -0.39 is 6.03 Å². The Bertz CT molecular complexity index is 103. The van der Waals surface area contributed by atoms with Gasteiger partial charge in [0.15, 0.2) is 0 Å². The molecule has 2 amide bonds. The van der Waals surface area contributed by atoms with Crippen LogP contribution in [0, 0.1) is 5.21 Å². The Kier molecular flexibility index (Phi) is 1.09. The topological polar surface area (TPSA) is 46.6 Å². The van der Waals surface area contributed by atoms with Crippen molar-refractivity contribution in [1.29, 1.82) is 0 Å². The van der Waals surface area contributed by atoms with Crippen molar-refractivity contribution in [3.05, 3.63) is 5.21 Å². The van der Waals surface area contributed by atoms with Gasteiger partial charge in [-0.15, -0.1) is 0 Å². The van der Waals surface area contributed by atoms with Crippen molar-refractivity contribution >= 4 is 6.03 Å². The van der Waals surface area contributed by atoms with Gasteiger partial charge in [0.1, 0.15) is 0 Å². The summed E-state index contributed by atoms with van der Waals surface area (Å²) in [4.78, 5) is 11.8. The van der Waals surface area contributed by atoms with Gasteiger partial charge in [0.05, 0.1) is 0 Å².